The number of hydrogen-bond acceptors (Lipinski definition) is 5. The lowest BCUT2D eigenvalue weighted by Gasteiger charge is -2.16. The van der Waals surface area contributed by atoms with Crippen LogP contribution in [0, 0.1) is 6.92 Å². The van der Waals surface area contributed by atoms with Crippen molar-refractivity contribution in [3.05, 3.63) is 50.7 Å². The summed E-state index contributed by atoms with van der Waals surface area (Å²) in [5.74, 6) is 0.450. The number of halogens is 1. The first-order valence-corrected chi connectivity index (χ1v) is 10.6. The van der Waals surface area contributed by atoms with Gasteiger partial charge in [0.2, 0.25) is 0 Å². The molecule has 0 bridgehead atoms. The number of hydrogen-bond donors (Lipinski definition) is 1. The Balaban J connectivity index is 1.77. The van der Waals surface area contributed by atoms with E-state index in [0.29, 0.717) is 5.75 Å². The number of aryl methyl sites for hydroxylation is 1. The van der Waals surface area contributed by atoms with Crippen molar-refractivity contribution in [2.24, 2.45) is 0 Å². The van der Waals surface area contributed by atoms with E-state index in [1.54, 1.807) is 0 Å². The van der Waals surface area contributed by atoms with Crippen molar-refractivity contribution >= 4 is 52.3 Å². The molecule has 140 valence electrons. The number of esters is 1. The molecule has 0 unspecified atom stereocenters. The largest absolute Gasteiger partial charge is 0.455 e. The van der Waals surface area contributed by atoms with E-state index in [9.17, 15) is 9.59 Å². The maximum atomic E-state index is 12.1. The van der Waals surface area contributed by atoms with Crippen LogP contribution in [-0.2, 0) is 20.1 Å². The van der Waals surface area contributed by atoms with Gasteiger partial charge in [0.05, 0.1) is 10.1 Å². The highest BCUT2D eigenvalue weighted by Crippen LogP contribution is 2.27. The van der Waals surface area contributed by atoms with Gasteiger partial charge >= 0.3 is 5.97 Å². The summed E-state index contributed by atoms with van der Waals surface area (Å²) in [4.78, 5) is 25.0. The minimum atomic E-state index is -0.401. The van der Waals surface area contributed by atoms with Crippen LogP contribution in [0.3, 0.4) is 0 Å². The molecule has 1 heterocycles. The minimum Gasteiger partial charge on any atom is -0.455 e. The molecule has 0 saturated carbocycles. The summed E-state index contributed by atoms with van der Waals surface area (Å²) in [6, 6.07) is 9.68. The summed E-state index contributed by atoms with van der Waals surface area (Å²) in [5, 5.41) is 2.86. The summed E-state index contributed by atoms with van der Waals surface area (Å²) in [7, 11) is 0. The Morgan fingerprint density at radius 2 is 2.04 bits per heavy atom. The van der Waals surface area contributed by atoms with Gasteiger partial charge in [-0.1, -0.05) is 43.6 Å². The number of amides is 1. The molecule has 2 rings (SSSR count). The van der Waals surface area contributed by atoms with Crippen LogP contribution in [0.15, 0.2) is 30.3 Å². The zero-order chi connectivity index (χ0) is 19.1. The van der Waals surface area contributed by atoms with E-state index in [1.807, 2.05) is 37.3 Å². The molecule has 0 aliphatic carbocycles. The normalized spacial score (nSPS) is 10.8. The number of nitrogens with one attached hydrogen (secondary N) is 1. The van der Waals surface area contributed by atoms with Gasteiger partial charge in [0, 0.05) is 16.3 Å². The lowest BCUT2D eigenvalue weighted by molar-refractivity contribution is -0.144. The quantitative estimate of drug-likeness (QED) is 0.603. The molecule has 1 amide bonds. The van der Waals surface area contributed by atoms with Crippen molar-refractivity contribution in [1.29, 1.82) is 0 Å². The molecule has 0 spiro atoms. The van der Waals surface area contributed by atoms with E-state index in [4.69, 9.17) is 16.3 Å². The number of benzene rings is 1. The zero-order valence-electron chi connectivity index (χ0n) is 15.0. The molecule has 26 heavy (non-hydrogen) atoms. The van der Waals surface area contributed by atoms with E-state index < -0.39 is 5.97 Å². The van der Waals surface area contributed by atoms with Gasteiger partial charge in [0.25, 0.3) is 5.91 Å². The molecular weight excluding hydrogens is 390 g/mol. The Morgan fingerprint density at radius 1 is 1.27 bits per heavy atom. The topological polar surface area (TPSA) is 55.4 Å². The maximum absolute atomic E-state index is 12.1. The summed E-state index contributed by atoms with van der Waals surface area (Å²) in [6.07, 6.45) is 0. The van der Waals surface area contributed by atoms with Crippen molar-refractivity contribution in [1.82, 2.24) is 0 Å². The van der Waals surface area contributed by atoms with Gasteiger partial charge in [0.15, 0.2) is 6.61 Å². The van der Waals surface area contributed by atoms with Crippen molar-refractivity contribution in [2.45, 2.75) is 32.4 Å². The fourth-order valence-corrected chi connectivity index (χ4v) is 4.39. The Kier molecular flexibility index (Phi) is 8.00. The van der Waals surface area contributed by atoms with Crippen molar-refractivity contribution in [3.8, 4) is 0 Å². The number of para-hydroxylation sites is 1. The molecule has 2 aromatic rings. The molecule has 0 fully saturated rings. The smallest absolute Gasteiger partial charge is 0.316 e. The van der Waals surface area contributed by atoms with Gasteiger partial charge < -0.3 is 10.1 Å². The van der Waals surface area contributed by atoms with Gasteiger partial charge in [-0.15, -0.1) is 23.1 Å². The highest BCUT2D eigenvalue weighted by Gasteiger charge is 2.13. The molecular formula is C19H22ClNO3S2. The van der Waals surface area contributed by atoms with Crippen LogP contribution >= 0.6 is 34.7 Å². The summed E-state index contributed by atoms with van der Waals surface area (Å²) < 4.78 is 5.80. The predicted octanol–water partition coefficient (Wildman–Crippen LogP) is 5.25. The van der Waals surface area contributed by atoms with Crippen LogP contribution in [0.1, 0.15) is 35.8 Å². The molecule has 0 radical (unpaired) electrons. The number of anilines is 1. The fourth-order valence-electron chi connectivity index (χ4n) is 2.37. The first-order chi connectivity index (χ1) is 12.4. The second-order valence-electron chi connectivity index (χ2n) is 6.10. The lowest BCUT2D eigenvalue weighted by atomic mass is 9.98. The molecule has 1 aromatic heterocycles. The number of rotatable bonds is 8. The molecule has 0 aliphatic heterocycles. The van der Waals surface area contributed by atoms with Crippen molar-refractivity contribution in [2.75, 3.05) is 17.7 Å². The second kappa shape index (κ2) is 10.00. The highest BCUT2D eigenvalue weighted by molar-refractivity contribution is 7.99. The summed E-state index contributed by atoms with van der Waals surface area (Å²) in [5.41, 5.74) is 2.85. The van der Waals surface area contributed by atoms with Crippen LogP contribution < -0.4 is 5.32 Å². The number of thioether (sulfide) groups is 1. The first kappa shape index (κ1) is 20.8. The molecule has 0 atom stereocenters. The Bertz CT molecular complexity index is 774. The van der Waals surface area contributed by atoms with Crippen molar-refractivity contribution < 1.29 is 14.3 Å². The lowest BCUT2D eigenvalue weighted by Crippen LogP contribution is -2.22. The number of ether oxygens (including phenoxy) is 1. The number of carbonyl (C=O) groups is 2. The van der Waals surface area contributed by atoms with E-state index in [-0.39, 0.29) is 24.2 Å². The number of thiophene rings is 1. The average Bonchev–Trinajstić information content (AvgIpc) is 3.00. The van der Waals surface area contributed by atoms with Crippen LogP contribution in [0.2, 0.25) is 4.34 Å². The predicted molar refractivity (Wildman–Crippen MR) is 110 cm³/mol. The van der Waals surface area contributed by atoms with Gasteiger partial charge in [-0.25, -0.2) is 0 Å². The van der Waals surface area contributed by atoms with E-state index in [2.05, 4.69) is 19.2 Å². The Morgan fingerprint density at radius 3 is 2.69 bits per heavy atom. The summed E-state index contributed by atoms with van der Waals surface area (Å²) >= 11 is 8.80. The third-order valence-electron chi connectivity index (χ3n) is 3.65. The number of carbonyl (C=O) groups excluding carboxylic acids is 2. The van der Waals surface area contributed by atoms with Gasteiger partial charge in [-0.2, -0.15) is 0 Å². The summed E-state index contributed by atoms with van der Waals surface area (Å²) in [6.45, 7) is 5.81. The third-order valence-corrected chi connectivity index (χ3v) is 6.02. The first-order valence-electron chi connectivity index (χ1n) is 8.23. The standard InChI is InChI=1S/C19H22ClNO3S2/c1-12(2)15-6-4-5-13(3)19(15)21-17(22)9-24-18(23)11-25-10-14-7-8-16(20)26-14/h4-8,12H,9-11H2,1-3H3,(H,21,22). The monoisotopic (exact) mass is 411 g/mol. The van der Waals surface area contributed by atoms with E-state index in [1.165, 1.54) is 23.1 Å². The maximum Gasteiger partial charge on any atom is 0.316 e. The fraction of sp³-hybridized carbons (Fsp3) is 0.368. The molecule has 4 nitrogen and oxygen atoms in total. The molecule has 0 aliphatic rings. The van der Waals surface area contributed by atoms with Gasteiger partial charge in [-0.05, 0) is 36.1 Å². The van der Waals surface area contributed by atoms with E-state index in [0.717, 1.165) is 26.0 Å². The van der Waals surface area contributed by atoms with Crippen LogP contribution in [0.25, 0.3) is 0 Å². The molecule has 0 saturated heterocycles. The zero-order valence-corrected chi connectivity index (χ0v) is 17.4. The van der Waals surface area contributed by atoms with Crippen molar-refractivity contribution in [3.63, 3.8) is 0 Å². The highest BCUT2D eigenvalue weighted by atomic mass is 35.5. The van der Waals surface area contributed by atoms with Crippen LogP contribution in [-0.4, -0.2) is 24.2 Å². The SMILES string of the molecule is Cc1cccc(C(C)C)c1NC(=O)COC(=O)CSCc1ccc(Cl)s1. The molecule has 1 aromatic carbocycles. The molecule has 1 N–H and O–H groups in total. The Labute approximate surface area is 167 Å². The van der Waals surface area contributed by atoms with Gasteiger partial charge in [-0.3, -0.25) is 9.59 Å². The average molecular weight is 412 g/mol. The van der Waals surface area contributed by atoms with Crippen LogP contribution in [0.4, 0.5) is 5.69 Å². The Hall–Kier alpha value is -1.50. The second-order valence-corrected chi connectivity index (χ2v) is 8.89. The minimum absolute atomic E-state index is 0.199. The third kappa shape index (κ3) is 6.34. The molecule has 7 heteroatoms. The van der Waals surface area contributed by atoms with Crippen LogP contribution in [0.5, 0.6) is 0 Å². The van der Waals surface area contributed by atoms with E-state index >= 15 is 0 Å². The van der Waals surface area contributed by atoms with Gasteiger partial charge in [0.1, 0.15) is 0 Å².